The summed E-state index contributed by atoms with van der Waals surface area (Å²) in [6.07, 6.45) is 1.49. The maximum Gasteiger partial charge on any atom is 0.275 e. The van der Waals surface area contributed by atoms with Gasteiger partial charge in [0.1, 0.15) is 29.4 Å². The van der Waals surface area contributed by atoms with Crippen LogP contribution in [0, 0.1) is 0 Å². The number of carbonyl (C=O) groups is 1. The van der Waals surface area contributed by atoms with Gasteiger partial charge in [0, 0.05) is 39.3 Å². The maximum absolute atomic E-state index is 12.7. The highest BCUT2D eigenvalue weighted by Gasteiger charge is 2.18. The first-order valence-electron chi connectivity index (χ1n) is 8.75. The highest BCUT2D eigenvalue weighted by atomic mass is 32.1. The van der Waals surface area contributed by atoms with Crippen LogP contribution in [0.5, 0.6) is 0 Å². The molecule has 1 aliphatic heterocycles. The third-order valence-electron chi connectivity index (χ3n) is 4.61. The van der Waals surface area contributed by atoms with E-state index in [1.54, 1.807) is 29.1 Å². The summed E-state index contributed by atoms with van der Waals surface area (Å²) in [5.41, 5.74) is 1.27. The van der Waals surface area contributed by atoms with E-state index >= 15 is 0 Å². The van der Waals surface area contributed by atoms with Crippen LogP contribution in [0.1, 0.15) is 10.5 Å². The first-order valence-corrected chi connectivity index (χ1v) is 9.63. The minimum Gasteiger partial charge on any atom is -0.354 e. The van der Waals surface area contributed by atoms with E-state index in [4.69, 9.17) is 0 Å². The topological polar surface area (TPSA) is 79.2 Å². The van der Waals surface area contributed by atoms with Crippen molar-refractivity contribution in [3.8, 4) is 10.6 Å². The lowest BCUT2D eigenvalue weighted by atomic mass is 10.3. The largest absolute Gasteiger partial charge is 0.354 e. The van der Waals surface area contributed by atoms with Gasteiger partial charge >= 0.3 is 0 Å². The summed E-state index contributed by atoms with van der Waals surface area (Å²) in [6, 6.07) is 7.57. The van der Waals surface area contributed by atoms with Crippen molar-refractivity contribution in [2.75, 3.05) is 43.4 Å². The molecule has 0 atom stereocenters. The summed E-state index contributed by atoms with van der Waals surface area (Å²) in [5.74, 6) is 1.08. The molecule has 9 heteroatoms. The number of rotatable bonds is 4. The van der Waals surface area contributed by atoms with Crippen LogP contribution in [-0.4, -0.2) is 63.8 Å². The summed E-state index contributed by atoms with van der Waals surface area (Å²) in [7, 11) is 3.88. The number of nitrogens with one attached hydrogen (secondary N) is 1. The Bertz CT molecular complexity index is 929. The average molecular weight is 383 g/mol. The quantitative estimate of drug-likeness (QED) is 0.742. The monoisotopic (exact) mass is 383 g/mol. The molecule has 140 valence electrons. The van der Waals surface area contributed by atoms with E-state index in [1.165, 1.54) is 6.33 Å². The first-order chi connectivity index (χ1) is 13.1. The number of piperazine rings is 1. The number of nitrogens with zero attached hydrogens (tertiary/aromatic N) is 6. The number of amides is 1. The second-order valence-corrected chi connectivity index (χ2v) is 7.47. The van der Waals surface area contributed by atoms with Crippen LogP contribution in [-0.2, 0) is 7.05 Å². The minimum atomic E-state index is -0.240. The lowest BCUT2D eigenvalue weighted by Crippen LogP contribution is -2.44. The predicted molar refractivity (Wildman–Crippen MR) is 106 cm³/mol. The lowest BCUT2D eigenvalue weighted by molar-refractivity contribution is 0.101. The first kappa shape index (κ1) is 17.6. The molecule has 1 aliphatic rings. The normalized spacial score (nSPS) is 15.1. The van der Waals surface area contributed by atoms with E-state index in [2.05, 4.69) is 37.2 Å². The summed E-state index contributed by atoms with van der Waals surface area (Å²) in [6.45, 7) is 3.80. The van der Waals surface area contributed by atoms with Crippen LogP contribution in [0.15, 0.2) is 36.0 Å². The van der Waals surface area contributed by atoms with Crippen molar-refractivity contribution in [3.63, 3.8) is 0 Å². The molecule has 1 N–H and O–H groups in total. The molecule has 1 fully saturated rings. The fourth-order valence-electron chi connectivity index (χ4n) is 3.03. The van der Waals surface area contributed by atoms with Gasteiger partial charge in [-0.2, -0.15) is 5.10 Å². The maximum atomic E-state index is 12.7. The van der Waals surface area contributed by atoms with Crippen LogP contribution in [0.4, 0.5) is 11.6 Å². The van der Waals surface area contributed by atoms with E-state index in [-0.39, 0.29) is 5.91 Å². The molecule has 0 bridgehead atoms. The summed E-state index contributed by atoms with van der Waals surface area (Å²) in [5, 5.41) is 9.29. The van der Waals surface area contributed by atoms with Crippen molar-refractivity contribution in [3.05, 3.63) is 41.7 Å². The van der Waals surface area contributed by atoms with Crippen molar-refractivity contribution in [1.29, 1.82) is 0 Å². The Morgan fingerprint density at radius 2 is 1.96 bits per heavy atom. The summed E-state index contributed by atoms with van der Waals surface area (Å²) < 4.78 is 1.59. The third-order valence-corrected chi connectivity index (χ3v) is 5.50. The van der Waals surface area contributed by atoms with Crippen LogP contribution >= 0.6 is 11.3 Å². The average Bonchev–Trinajstić information content (AvgIpc) is 3.32. The Kier molecular flexibility index (Phi) is 4.87. The molecule has 0 unspecified atom stereocenters. The van der Waals surface area contributed by atoms with Crippen LogP contribution in [0.25, 0.3) is 10.6 Å². The molecule has 0 radical (unpaired) electrons. The molecular weight excluding hydrogens is 362 g/mol. The number of anilines is 2. The zero-order valence-electron chi connectivity index (χ0n) is 15.3. The number of hydrogen-bond acceptors (Lipinski definition) is 7. The molecule has 0 aromatic carbocycles. The van der Waals surface area contributed by atoms with Gasteiger partial charge in [0.25, 0.3) is 5.91 Å². The smallest absolute Gasteiger partial charge is 0.275 e. The number of aromatic nitrogens is 4. The number of hydrogen-bond donors (Lipinski definition) is 1. The standard InChI is InChI=1S/C18H21N7OS/c1-23-5-7-25(8-6-23)17-11-16(19-12-20-17)21-18(26)14-10-13(22-24(14)2)15-4-3-9-27-15/h3-4,9-12H,5-8H2,1-2H3,(H,19,20,21,26). The Labute approximate surface area is 161 Å². The van der Waals surface area contributed by atoms with Gasteiger partial charge < -0.3 is 15.1 Å². The molecule has 27 heavy (non-hydrogen) atoms. The van der Waals surface area contributed by atoms with E-state index in [0.29, 0.717) is 11.5 Å². The molecule has 1 saturated heterocycles. The van der Waals surface area contributed by atoms with Gasteiger partial charge in [-0.15, -0.1) is 11.3 Å². The van der Waals surface area contributed by atoms with Crippen LogP contribution in [0.3, 0.4) is 0 Å². The van der Waals surface area contributed by atoms with Crippen molar-refractivity contribution in [1.82, 2.24) is 24.6 Å². The van der Waals surface area contributed by atoms with Gasteiger partial charge in [-0.3, -0.25) is 9.48 Å². The Morgan fingerprint density at radius 1 is 1.15 bits per heavy atom. The molecule has 3 aromatic rings. The Balaban J connectivity index is 1.49. The predicted octanol–water partition coefficient (Wildman–Crippen LogP) is 1.94. The number of likely N-dealkylation sites (N-methyl/N-ethyl adjacent to an activating group) is 1. The van der Waals surface area contributed by atoms with E-state index in [0.717, 1.165) is 42.6 Å². The number of thiophene rings is 1. The molecule has 4 rings (SSSR count). The van der Waals surface area contributed by atoms with E-state index in [1.807, 2.05) is 23.6 Å². The Morgan fingerprint density at radius 3 is 2.70 bits per heavy atom. The van der Waals surface area contributed by atoms with E-state index < -0.39 is 0 Å². The molecular formula is C18H21N7OS. The fraction of sp³-hybridized carbons (Fsp3) is 0.333. The molecule has 8 nitrogen and oxygen atoms in total. The van der Waals surface area contributed by atoms with Gasteiger partial charge in [-0.25, -0.2) is 9.97 Å². The van der Waals surface area contributed by atoms with Crippen molar-refractivity contribution in [2.24, 2.45) is 7.05 Å². The summed E-state index contributed by atoms with van der Waals surface area (Å²) >= 11 is 1.59. The van der Waals surface area contributed by atoms with Crippen LogP contribution < -0.4 is 10.2 Å². The molecule has 0 spiro atoms. The SMILES string of the molecule is CN1CCN(c2cc(NC(=O)c3cc(-c4cccs4)nn3C)ncn2)CC1. The minimum absolute atomic E-state index is 0.240. The molecule has 0 aliphatic carbocycles. The molecule has 4 heterocycles. The molecule has 1 amide bonds. The van der Waals surface area contributed by atoms with Gasteiger partial charge in [0.05, 0.1) is 4.88 Å². The highest BCUT2D eigenvalue weighted by molar-refractivity contribution is 7.13. The highest BCUT2D eigenvalue weighted by Crippen LogP contribution is 2.24. The van der Waals surface area contributed by atoms with Gasteiger partial charge in [-0.1, -0.05) is 6.07 Å². The third kappa shape index (κ3) is 3.83. The molecule has 3 aromatic heterocycles. The Hall–Kier alpha value is -2.78. The van der Waals surface area contributed by atoms with Crippen molar-refractivity contribution < 1.29 is 4.79 Å². The van der Waals surface area contributed by atoms with Crippen molar-refractivity contribution in [2.45, 2.75) is 0 Å². The van der Waals surface area contributed by atoms with Gasteiger partial charge in [0.2, 0.25) is 0 Å². The number of carbonyl (C=O) groups excluding carboxylic acids is 1. The fourth-order valence-corrected chi connectivity index (χ4v) is 3.71. The van der Waals surface area contributed by atoms with E-state index in [9.17, 15) is 4.79 Å². The second-order valence-electron chi connectivity index (χ2n) is 6.52. The zero-order chi connectivity index (χ0) is 18.8. The van der Waals surface area contributed by atoms with Crippen LogP contribution in [0.2, 0.25) is 0 Å². The zero-order valence-corrected chi connectivity index (χ0v) is 16.1. The van der Waals surface area contributed by atoms with Gasteiger partial charge in [-0.05, 0) is 24.6 Å². The summed E-state index contributed by atoms with van der Waals surface area (Å²) in [4.78, 5) is 26.8. The van der Waals surface area contributed by atoms with Crippen molar-refractivity contribution >= 4 is 28.9 Å². The lowest BCUT2D eigenvalue weighted by Gasteiger charge is -2.33. The van der Waals surface area contributed by atoms with Gasteiger partial charge in [0.15, 0.2) is 0 Å². The molecule has 0 saturated carbocycles. The second kappa shape index (κ2) is 7.45. The number of aryl methyl sites for hydroxylation is 1.